The zero-order chi connectivity index (χ0) is 20.2. The maximum Gasteiger partial charge on any atom is 0.325 e. The lowest BCUT2D eigenvalue weighted by atomic mass is 10.1. The maximum atomic E-state index is 14.1. The number of halogens is 1. The van der Waals surface area contributed by atoms with E-state index in [4.69, 9.17) is 4.52 Å². The molecule has 10 heteroatoms. The summed E-state index contributed by atoms with van der Waals surface area (Å²) in [6, 6.07) is 4.31. The third-order valence-electron chi connectivity index (χ3n) is 5.87. The number of hydrogen-bond acceptors (Lipinski definition) is 6. The molecule has 3 aliphatic rings. The molecule has 1 saturated carbocycles. The Morgan fingerprint density at radius 3 is 2.83 bits per heavy atom. The second-order valence-electron chi connectivity index (χ2n) is 7.88. The van der Waals surface area contributed by atoms with E-state index in [1.54, 1.807) is 22.2 Å². The molecule has 30 heavy (non-hydrogen) atoms. The lowest BCUT2D eigenvalue weighted by Crippen LogP contribution is -2.52. The first-order valence-corrected chi connectivity index (χ1v) is 10.2. The molecule has 1 N–H and O–H groups in total. The zero-order valence-electron chi connectivity index (χ0n) is 16.2. The number of amides is 2. The highest BCUT2D eigenvalue weighted by atomic mass is 19.1. The number of benzene rings is 1. The first-order valence-electron chi connectivity index (χ1n) is 10.2. The molecule has 3 aromatic rings. The van der Waals surface area contributed by atoms with Crippen LogP contribution in [-0.2, 0) is 6.54 Å². The Labute approximate surface area is 171 Å². The predicted octanol–water partition coefficient (Wildman–Crippen LogP) is 2.28. The normalized spacial score (nSPS) is 18.3. The van der Waals surface area contributed by atoms with Gasteiger partial charge in [0.15, 0.2) is 11.5 Å². The number of aromatic nitrogens is 4. The molecule has 4 heterocycles. The molecule has 2 amide bonds. The smallest absolute Gasteiger partial charge is 0.325 e. The highest BCUT2D eigenvalue weighted by molar-refractivity contribution is 5.95. The van der Waals surface area contributed by atoms with E-state index in [0.29, 0.717) is 47.8 Å². The van der Waals surface area contributed by atoms with Crippen LogP contribution in [0.25, 0.3) is 17.3 Å². The first kappa shape index (κ1) is 17.6. The van der Waals surface area contributed by atoms with E-state index in [1.807, 2.05) is 4.57 Å². The number of piperazine rings is 1. The fraction of sp³-hybridized carbons (Fsp3) is 0.400. The van der Waals surface area contributed by atoms with Gasteiger partial charge in [-0.2, -0.15) is 4.98 Å². The number of rotatable bonds is 2. The highest BCUT2D eigenvalue weighted by Gasteiger charge is 2.35. The van der Waals surface area contributed by atoms with Crippen molar-refractivity contribution in [3.05, 3.63) is 41.9 Å². The van der Waals surface area contributed by atoms with E-state index in [2.05, 4.69) is 20.4 Å². The van der Waals surface area contributed by atoms with Crippen molar-refractivity contribution in [3.8, 4) is 17.3 Å². The van der Waals surface area contributed by atoms with Crippen LogP contribution in [0, 0.1) is 5.82 Å². The van der Waals surface area contributed by atoms with Crippen molar-refractivity contribution in [1.29, 1.82) is 0 Å². The lowest BCUT2D eigenvalue weighted by Gasteiger charge is -2.36. The third kappa shape index (κ3) is 2.78. The average Bonchev–Trinajstić information content (AvgIpc) is 3.35. The van der Waals surface area contributed by atoms with Crippen LogP contribution >= 0.6 is 0 Å². The lowest BCUT2D eigenvalue weighted by molar-refractivity contribution is 0.196. The minimum absolute atomic E-state index is 0.147. The van der Waals surface area contributed by atoms with Crippen molar-refractivity contribution in [2.75, 3.05) is 31.1 Å². The Bertz CT molecular complexity index is 1130. The molecule has 2 aliphatic heterocycles. The van der Waals surface area contributed by atoms with Crippen LogP contribution in [0.4, 0.5) is 14.9 Å². The van der Waals surface area contributed by atoms with Crippen LogP contribution in [0.1, 0.15) is 30.3 Å². The minimum Gasteiger partial charge on any atom is -0.332 e. The molecule has 2 aromatic heterocycles. The molecule has 6 rings (SSSR count). The molecule has 0 spiro atoms. The van der Waals surface area contributed by atoms with Gasteiger partial charge in [-0.05, 0) is 31.0 Å². The summed E-state index contributed by atoms with van der Waals surface area (Å²) in [7, 11) is 0. The molecule has 0 atom stereocenters. The molecule has 2 fully saturated rings. The summed E-state index contributed by atoms with van der Waals surface area (Å²) in [6.07, 6.45) is 3.81. The molecule has 0 bridgehead atoms. The Hall–Kier alpha value is -3.27. The second-order valence-corrected chi connectivity index (χ2v) is 7.88. The number of hydrogen-bond donors (Lipinski definition) is 1. The van der Waals surface area contributed by atoms with Gasteiger partial charge in [0.1, 0.15) is 12.1 Å². The summed E-state index contributed by atoms with van der Waals surface area (Å²) < 4.78 is 21.4. The second kappa shape index (κ2) is 6.63. The average molecular weight is 409 g/mol. The summed E-state index contributed by atoms with van der Waals surface area (Å²) in [6.45, 7) is 2.95. The van der Waals surface area contributed by atoms with Crippen molar-refractivity contribution in [2.24, 2.45) is 0 Å². The van der Waals surface area contributed by atoms with Crippen molar-refractivity contribution in [3.63, 3.8) is 0 Å². The van der Waals surface area contributed by atoms with E-state index in [0.717, 1.165) is 31.6 Å². The Morgan fingerprint density at radius 2 is 2.03 bits per heavy atom. The number of fused-ring (bicyclic) bond motifs is 3. The molecular formula is C20H20FN7O2. The van der Waals surface area contributed by atoms with Gasteiger partial charge in [0.05, 0.1) is 23.6 Å². The van der Waals surface area contributed by atoms with Crippen LogP contribution in [-0.4, -0.2) is 56.8 Å². The summed E-state index contributed by atoms with van der Waals surface area (Å²) in [5.74, 6) is 1.04. The number of carbonyl (C=O) groups excluding carboxylic acids is 1. The molecule has 154 valence electrons. The topological polar surface area (TPSA) is 92.3 Å². The Balaban J connectivity index is 1.42. The van der Waals surface area contributed by atoms with E-state index < -0.39 is 0 Å². The SMILES string of the molecule is O=C(N1CCNCC1)N1Cc2c(-c3nc(C4CC4)no3)ncn2-c2ccc(F)cc21. The van der Waals surface area contributed by atoms with Gasteiger partial charge in [0.25, 0.3) is 5.89 Å². The quantitative estimate of drug-likeness (QED) is 0.698. The zero-order valence-corrected chi connectivity index (χ0v) is 16.2. The molecule has 1 aliphatic carbocycles. The molecule has 1 saturated heterocycles. The minimum atomic E-state index is -0.387. The number of urea groups is 1. The molecule has 1 aromatic carbocycles. The van der Waals surface area contributed by atoms with Gasteiger partial charge < -0.3 is 14.7 Å². The first-order chi connectivity index (χ1) is 14.7. The van der Waals surface area contributed by atoms with Crippen molar-refractivity contribution >= 4 is 11.7 Å². The maximum absolute atomic E-state index is 14.1. The van der Waals surface area contributed by atoms with Gasteiger partial charge in [-0.15, -0.1) is 0 Å². The van der Waals surface area contributed by atoms with Gasteiger partial charge in [0, 0.05) is 32.1 Å². The Kier molecular flexibility index (Phi) is 3.88. The number of anilines is 1. The largest absolute Gasteiger partial charge is 0.332 e. The van der Waals surface area contributed by atoms with Gasteiger partial charge >= 0.3 is 6.03 Å². The summed E-state index contributed by atoms with van der Waals surface area (Å²) in [4.78, 5) is 25.7. The van der Waals surface area contributed by atoms with Crippen molar-refractivity contribution < 1.29 is 13.7 Å². The predicted molar refractivity (Wildman–Crippen MR) is 105 cm³/mol. The fourth-order valence-corrected chi connectivity index (χ4v) is 4.10. The molecular weight excluding hydrogens is 389 g/mol. The fourth-order valence-electron chi connectivity index (χ4n) is 4.10. The number of nitrogens with one attached hydrogen (secondary N) is 1. The van der Waals surface area contributed by atoms with Crippen LogP contribution in [0.2, 0.25) is 0 Å². The summed E-state index contributed by atoms with van der Waals surface area (Å²) in [5.41, 5.74) is 2.55. The van der Waals surface area contributed by atoms with E-state index >= 15 is 0 Å². The van der Waals surface area contributed by atoms with E-state index in [-0.39, 0.29) is 18.4 Å². The van der Waals surface area contributed by atoms with Crippen LogP contribution in [0.15, 0.2) is 29.0 Å². The van der Waals surface area contributed by atoms with Crippen LogP contribution < -0.4 is 10.2 Å². The van der Waals surface area contributed by atoms with E-state index in [9.17, 15) is 9.18 Å². The van der Waals surface area contributed by atoms with Gasteiger partial charge in [-0.1, -0.05) is 5.16 Å². The molecule has 0 radical (unpaired) electrons. The van der Waals surface area contributed by atoms with Gasteiger partial charge in [-0.3, -0.25) is 9.47 Å². The number of imidazole rings is 1. The standard InChI is InChI=1S/C20H20FN7O2/c21-13-3-4-14-15(9-13)27(20(29)26-7-5-22-6-8-26)10-16-17(23-11-28(14)16)19-24-18(25-30-19)12-1-2-12/h3-4,9,11-12,22H,1-2,5-8,10H2. The highest BCUT2D eigenvalue weighted by Crippen LogP contribution is 2.40. The van der Waals surface area contributed by atoms with Gasteiger partial charge in [0.2, 0.25) is 0 Å². The third-order valence-corrected chi connectivity index (χ3v) is 5.87. The van der Waals surface area contributed by atoms with Crippen molar-refractivity contribution in [2.45, 2.75) is 25.3 Å². The van der Waals surface area contributed by atoms with Gasteiger partial charge in [-0.25, -0.2) is 14.2 Å². The molecule has 0 unspecified atom stereocenters. The Morgan fingerprint density at radius 1 is 1.20 bits per heavy atom. The molecule has 9 nitrogen and oxygen atoms in total. The number of carbonyl (C=O) groups is 1. The monoisotopic (exact) mass is 409 g/mol. The van der Waals surface area contributed by atoms with E-state index in [1.165, 1.54) is 12.1 Å². The van der Waals surface area contributed by atoms with Crippen molar-refractivity contribution in [1.82, 2.24) is 29.9 Å². The summed E-state index contributed by atoms with van der Waals surface area (Å²) >= 11 is 0. The summed E-state index contributed by atoms with van der Waals surface area (Å²) in [5, 5.41) is 7.33. The number of nitrogens with zero attached hydrogens (tertiary/aromatic N) is 6. The van der Waals surface area contributed by atoms with Crippen LogP contribution in [0.3, 0.4) is 0 Å². The van der Waals surface area contributed by atoms with Crippen LogP contribution in [0.5, 0.6) is 0 Å².